The van der Waals surface area contributed by atoms with Crippen LogP contribution in [0, 0.1) is 17.3 Å². The first-order valence-electron chi connectivity index (χ1n) is 26.5. The molecule has 3 aliphatic rings. The van der Waals surface area contributed by atoms with Gasteiger partial charge in [-0.2, -0.15) is 0 Å². The van der Waals surface area contributed by atoms with Gasteiger partial charge in [0.2, 0.25) is 0 Å². The number of ether oxygens (including phenoxy) is 2. The fraction of sp³-hybridized carbons (Fsp3) is 0.962. The molecule has 0 aromatic rings. The fourth-order valence-electron chi connectivity index (χ4n) is 10.3. The summed E-state index contributed by atoms with van der Waals surface area (Å²) in [6.07, 6.45) is 50.0. The van der Waals surface area contributed by atoms with Gasteiger partial charge in [0.25, 0.3) is 0 Å². The van der Waals surface area contributed by atoms with E-state index in [1.807, 2.05) is 0 Å². The van der Waals surface area contributed by atoms with E-state index < -0.39 is 0 Å². The SMILES string of the molecule is CCCCCCCCCC(CCCCCCCCC)COC(=O)CCCCCCCNC12CC(CC(=O)OCC(CCCCCCCC)CCCCCCCC)(C1)C2. The Morgan fingerprint density at radius 3 is 1.16 bits per heavy atom. The summed E-state index contributed by atoms with van der Waals surface area (Å²) in [5.74, 6) is 1.17. The van der Waals surface area contributed by atoms with Gasteiger partial charge in [-0.3, -0.25) is 9.59 Å². The third kappa shape index (κ3) is 26.3. The zero-order chi connectivity index (χ0) is 41.8. The first-order chi connectivity index (χ1) is 28.4. The molecule has 342 valence electrons. The lowest BCUT2D eigenvalue weighted by molar-refractivity contribution is -0.181. The second-order valence-electron chi connectivity index (χ2n) is 20.0. The summed E-state index contributed by atoms with van der Waals surface area (Å²) >= 11 is 0. The topological polar surface area (TPSA) is 64.6 Å². The zero-order valence-electron chi connectivity index (χ0n) is 39.7. The number of unbranched alkanes of at least 4 members (excludes halogenated alkanes) is 26. The Labute approximate surface area is 362 Å². The van der Waals surface area contributed by atoms with Crippen LogP contribution in [0.4, 0.5) is 0 Å². The van der Waals surface area contributed by atoms with E-state index in [0.29, 0.717) is 43.4 Å². The minimum atomic E-state index is 0.0216. The van der Waals surface area contributed by atoms with E-state index in [-0.39, 0.29) is 17.4 Å². The van der Waals surface area contributed by atoms with E-state index >= 15 is 0 Å². The Balaban J connectivity index is 1.52. The number of nitrogens with one attached hydrogen (secondary N) is 1. The Morgan fingerprint density at radius 2 is 0.759 bits per heavy atom. The first kappa shape index (κ1) is 53.0. The Morgan fingerprint density at radius 1 is 0.431 bits per heavy atom. The number of hydrogen-bond acceptors (Lipinski definition) is 5. The molecule has 2 bridgehead atoms. The molecule has 5 nitrogen and oxygen atoms in total. The molecule has 3 saturated carbocycles. The van der Waals surface area contributed by atoms with Crippen molar-refractivity contribution in [2.24, 2.45) is 17.3 Å². The molecule has 0 aromatic carbocycles. The summed E-state index contributed by atoms with van der Waals surface area (Å²) in [5, 5.41) is 3.86. The summed E-state index contributed by atoms with van der Waals surface area (Å²) in [4.78, 5) is 25.6. The van der Waals surface area contributed by atoms with Crippen LogP contribution in [-0.2, 0) is 19.1 Å². The Kier molecular flexibility index (Phi) is 32.5. The van der Waals surface area contributed by atoms with Crippen molar-refractivity contribution in [2.45, 2.75) is 290 Å². The maximum absolute atomic E-state index is 13.0. The lowest BCUT2D eigenvalue weighted by Gasteiger charge is -2.71. The van der Waals surface area contributed by atoms with Crippen LogP contribution in [0.3, 0.4) is 0 Å². The molecule has 0 saturated heterocycles. The molecule has 58 heavy (non-hydrogen) atoms. The van der Waals surface area contributed by atoms with E-state index in [9.17, 15) is 9.59 Å². The number of esters is 2. The minimum absolute atomic E-state index is 0.0216. The summed E-state index contributed by atoms with van der Waals surface area (Å²) in [7, 11) is 0. The maximum atomic E-state index is 13.0. The highest BCUT2D eigenvalue weighted by molar-refractivity contribution is 5.71. The van der Waals surface area contributed by atoms with Gasteiger partial charge in [-0.25, -0.2) is 0 Å². The molecule has 1 N–H and O–H groups in total. The van der Waals surface area contributed by atoms with Crippen LogP contribution in [0.5, 0.6) is 0 Å². The molecule has 0 heterocycles. The van der Waals surface area contributed by atoms with Crippen molar-refractivity contribution in [3.8, 4) is 0 Å². The molecule has 3 aliphatic carbocycles. The molecule has 0 amide bonds. The second kappa shape index (κ2) is 35.5. The Hall–Kier alpha value is -1.10. The lowest BCUT2D eigenvalue weighted by atomic mass is 9.38. The maximum Gasteiger partial charge on any atom is 0.306 e. The molecule has 0 unspecified atom stereocenters. The molecule has 0 aliphatic heterocycles. The van der Waals surface area contributed by atoms with Gasteiger partial charge in [0, 0.05) is 12.0 Å². The van der Waals surface area contributed by atoms with Crippen LogP contribution in [0.25, 0.3) is 0 Å². The van der Waals surface area contributed by atoms with Crippen molar-refractivity contribution in [3.05, 3.63) is 0 Å². The van der Waals surface area contributed by atoms with Crippen molar-refractivity contribution in [1.82, 2.24) is 5.32 Å². The Bertz CT molecular complexity index is 912. The van der Waals surface area contributed by atoms with Gasteiger partial charge in [0.05, 0.1) is 19.6 Å². The first-order valence-corrected chi connectivity index (χ1v) is 26.5. The van der Waals surface area contributed by atoms with Gasteiger partial charge in [-0.15, -0.1) is 0 Å². The predicted molar refractivity (Wildman–Crippen MR) is 249 cm³/mol. The molecule has 0 aromatic heterocycles. The zero-order valence-corrected chi connectivity index (χ0v) is 39.7. The van der Waals surface area contributed by atoms with Crippen molar-refractivity contribution >= 4 is 11.9 Å². The van der Waals surface area contributed by atoms with Gasteiger partial charge in [-0.1, -0.05) is 214 Å². The van der Waals surface area contributed by atoms with Crippen LogP contribution >= 0.6 is 0 Å². The van der Waals surface area contributed by atoms with Crippen LogP contribution in [0.1, 0.15) is 285 Å². The van der Waals surface area contributed by atoms with Crippen LogP contribution in [-0.4, -0.2) is 37.2 Å². The normalized spacial score (nSPS) is 18.4. The molecule has 5 heteroatoms. The molecular formula is C53H101NO4. The molecule has 3 rings (SSSR count). The highest BCUT2D eigenvalue weighted by Gasteiger charge is 2.67. The molecule has 0 atom stereocenters. The summed E-state index contributed by atoms with van der Waals surface area (Å²) < 4.78 is 11.8. The molecule has 3 fully saturated rings. The van der Waals surface area contributed by atoms with Gasteiger partial charge in [0.1, 0.15) is 0 Å². The monoisotopic (exact) mass is 816 g/mol. The largest absolute Gasteiger partial charge is 0.465 e. The van der Waals surface area contributed by atoms with E-state index in [1.54, 1.807) is 0 Å². The molecular weight excluding hydrogens is 715 g/mol. The third-order valence-corrected chi connectivity index (χ3v) is 14.0. The van der Waals surface area contributed by atoms with Gasteiger partial charge >= 0.3 is 11.9 Å². The van der Waals surface area contributed by atoms with E-state index in [0.717, 1.165) is 38.6 Å². The predicted octanol–water partition coefficient (Wildman–Crippen LogP) is 16.3. The molecule has 0 radical (unpaired) electrons. The average molecular weight is 816 g/mol. The van der Waals surface area contributed by atoms with Crippen LogP contribution < -0.4 is 5.32 Å². The van der Waals surface area contributed by atoms with E-state index in [2.05, 4.69) is 33.0 Å². The molecule has 0 spiro atoms. The van der Waals surface area contributed by atoms with Crippen LogP contribution in [0.15, 0.2) is 0 Å². The highest BCUT2D eigenvalue weighted by atomic mass is 16.5. The van der Waals surface area contributed by atoms with Crippen molar-refractivity contribution < 1.29 is 19.1 Å². The van der Waals surface area contributed by atoms with Crippen molar-refractivity contribution in [2.75, 3.05) is 19.8 Å². The smallest absolute Gasteiger partial charge is 0.306 e. The number of carbonyl (C=O) groups is 2. The summed E-state index contributed by atoms with van der Waals surface area (Å²) in [6.45, 7) is 11.5. The lowest BCUT2D eigenvalue weighted by Crippen LogP contribution is -2.74. The number of hydrogen-bond donors (Lipinski definition) is 1. The van der Waals surface area contributed by atoms with E-state index in [1.165, 1.54) is 212 Å². The average Bonchev–Trinajstić information content (AvgIpc) is 3.19. The standard InChI is InChI=1S/C53H101NO4/c1-5-9-13-17-21-26-32-36-48(37-33-27-22-18-14-10-6-2)43-57-50(55)40-34-28-23-29-35-41-54-53-45-52(46-53,47-53)42-51(56)58-44-49(38-30-24-19-15-11-7-3)39-31-25-20-16-12-8-4/h48-49,54H,5-47H2,1-4H3. The van der Waals surface area contributed by atoms with Crippen LogP contribution in [0.2, 0.25) is 0 Å². The fourth-order valence-corrected chi connectivity index (χ4v) is 10.3. The van der Waals surface area contributed by atoms with Gasteiger partial charge in [0.15, 0.2) is 0 Å². The quantitative estimate of drug-likeness (QED) is 0.0490. The summed E-state index contributed by atoms with van der Waals surface area (Å²) in [5.41, 5.74) is 0.512. The third-order valence-electron chi connectivity index (χ3n) is 14.0. The van der Waals surface area contributed by atoms with Gasteiger partial charge in [-0.05, 0) is 81.6 Å². The second-order valence-corrected chi connectivity index (χ2v) is 20.0. The highest BCUT2D eigenvalue weighted by Crippen LogP contribution is 2.69. The number of rotatable bonds is 45. The minimum Gasteiger partial charge on any atom is -0.465 e. The van der Waals surface area contributed by atoms with Gasteiger partial charge < -0.3 is 14.8 Å². The number of carbonyl (C=O) groups excluding carboxylic acids is 2. The van der Waals surface area contributed by atoms with E-state index in [4.69, 9.17) is 9.47 Å². The van der Waals surface area contributed by atoms with Crippen molar-refractivity contribution in [3.63, 3.8) is 0 Å². The van der Waals surface area contributed by atoms with Crippen molar-refractivity contribution in [1.29, 1.82) is 0 Å². The summed E-state index contributed by atoms with van der Waals surface area (Å²) in [6, 6.07) is 0.